The molecule has 2 aromatic heterocycles. The molecule has 2 heterocycles. The Bertz CT molecular complexity index is 895. The lowest BCUT2D eigenvalue weighted by atomic mass is 10.2. The van der Waals surface area contributed by atoms with Crippen LogP contribution < -0.4 is 4.40 Å². The van der Waals surface area contributed by atoms with Crippen molar-refractivity contribution in [1.82, 2.24) is 0 Å². The summed E-state index contributed by atoms with van der Waals surface area (Å²) in [5.41, 5.74) is 1.72. The van der Waals surface area contributed by atoms with Crippen LogP contribution in [0.3, 0.4) is 0 Å². The zero-order valence-corrected chi connectivity index (χ0v) is 10.2. The predicted octanol–water partition coefficient (Wildman–Crippen LogP) is 3.93. The Balaban J connectivity index is 2.40. The van der Waals surface area contributed by atoms with Crippen LogP contribution in [0.25, 0.3) is 25.9 Å². The van der Waals surface area contributed by atoms with Gasteiger partial charge in [-0.25, -0.2) is 0 Å². The number of nitrogens with zero attached hydrogens (tertiary/aromatic N) is 1. The van der Waals surface area contributed by atoms with Gasteiger partial charge in [0.05, 0.1) is 5.39 Å². The van der Waals surface area contributed by atoms with Crippen LogP contribution in [0.15, 0.2) is 54.6 Å². The van der Waals surface area contributed by atoms with E-state index in [1.54, 1.807) is 17.4 Å². The molecule has 0 amide bonds. The van der Waals surface area contributed by atoms with Crippen LogP contribution in [0.1, 0.15) is 0 Å². The van der Waals surface area contributed by atoms with Gasteiger partial charge in [-0.2, -0.15) is 4.39 Å². The van der Waals surface area contributed by atoms with E-state index in [4.69, 9.17) is 0 Å². The van der Waals surface area contributed by atoms with E-state index in [0.717, 1.165) is 15.7 Å². The highest BCUT2D eigenvalue weighted by atomic mass is 32.1. The molecule has 86 valence electrons. The summed E-state index contributed by atoms with van der Waals surface area (Å²) < 4.78 is 17.3. The van der Waals surface area contributed by atoms with Gasteiger partial charge in [0, 0.05) is 12.1 Å². The molecule has 0 radical (unpaired) electrons. The number of hydrogen-bond donors (Lipinski definition) is 0. The van der Waals surface area contributed by atoms with Crippen LogP contribution >= 0.6 is 11.3 Å². The maximum absolute atomic E-state index is 14.1. The van der Waals surface area contributed by atoms with Crippen molar-refractivity contribution in [3.63, 3.8) is 0 Å². The Hall–Kier alpha value is -2.00. The van der Waals surface area contributed by atoms with E-state index in [2.05, 4.69) is 6.07 Å². The molecule has 0 unspecified atom stereocenters. The second-order valence-electron chi connectivity index (χ2n) is 4.25. The zero-order valence-electron chi connectivity index (χ0n) is 9.43. The van der Waals surface area contributed by atoms with Crippen LogP contribution in [0, 0.1) is 5.82 Å². The molecule has 0 bridgehead atoms. The SMILES string of the molecule is Fc1cccc2ccc3sc4ccccc4[n+]3c12. The van der Waals surface area contributed by atoms with Gasteiger partial charge in [0.1, 0.15) is 4.70 Å². The highest BCUT2D eigenvalue weighted by molar-refractivity contribution is 7.23. The molecule has 4 rings (SSSR count). The van der Waals surface area contributed by atoms with Gasteiger partial charge in [-0.05, 0) is 24.3 Å². The molecule has 0 aliphatic carbocycles. The van der Waals surface area contributed by atoms with E-state index in [9.17, 15) is 4.39 Å². The van der Waals surface area contributed by atoms with Crippen molar-refractivity contribution in [3.05, 3.63) is 60.4 Å². The number of hydrogen-bond acceptors (Lipinski definition) is 1. The normalized spacial score (nSPS) is 11.6. The molecule has 4 aromatic rings. The highest BCUT2D eigenvalue weighted by Gasteiger charge is 2.19. The van der Waals surface area contributed by atoms with Gasteiger partial charge in [0.15, 0.2) is 5.82 Å². The largest absolute Gasteiger partial charge is 0.268 e. The van der Waals surface area contributed by atoms with Crippen molar-refractivity contribution >= 4 is 37.3 Å². The number of rotatable bonds is 0. The molecule has 18 heavy (non-hydrogen) atoms. The molecule has 0 aliphatic heterocycles. The van der Waals surface area contributed by atoms with Crippen molar-refractivity contribution in [1.29, 1.82) is 0 Å². The lowest BCUT2D eigenvalue weighted by Crippen LogP contribution is -2.21. The number of halogens is 1. The second kappa shape index (κ2) is 3.50. The molecule has 1 nitrogen and oxygen atoms in total. The Morgan fingerprint density at radius 1 is 0.889 bits per heavy atom. The Morgan fingerprint density at radius 3 is 2.72 bits per heavy atom. The average Bonchev–Trinajstić information content (AvgIpc) is 2.77. The van der Waals surface area contributed by atoms with Crippen molar-refractivity contribution < 1.29 is 8.79 Å². The molecule has 0 saturated carbocycles. The van der Waals surface area contributed by atoms with Crippen molar-refractivity contribution in [2.75, 3.05) is 0 Å². The first kappa shape index (κ1) is 9.97. The van der Waals surface area contributed by atoms with Crippen LogP contribution in [-0.2, 0) is 0 Å². The van der Waals surface area contributed by atoms with E-state index in [-0.39, 0.29) is 5.82 Å². The molecule has 0 saturated heterocycles. The van der Waals surface area contributed by atoms with Crippen LogP contribution in [0.2, 0.25) is 0 Å². The third-order valence-electron chi connectivity index (χ3n) is 3.19. The maximum Gasteiger partial charge on any atom is 0.268 e. The summed E-state index contributed by atoms with van der Waals surface area (Å²) in [6.07, 6.45) is 0. The predicted molar refractivity (Wildman–Crippen MR) is 72.4 cm³/mol. The van der Waals surface area contributed by atoms with E-state index in [0.29, 0.717) is 5.52 Å². The third kappa shape index (κ3) is 1.22. The zero-order chi connectivity index (χ0) is 12.1. The smallest absolute Gasteiger partial charge is 0.200 e. The first-order chi connectivity index (χ1) is 8.84. The summed E-state index contributed by atoms with van der Waals surface area (Å²) in [6, 6.07) is 17.3. The maximum atomic E-state index is 14.1. The van der Waals surface area contributed by atoms with Crippen LogP contribution in [-0.4, -0.2) is 0 Å². The van der Waals surface area contributed by atoms with Crippen molar-refractivity contribution in [3.8, 4) is 0 Å². The minimum absolute atomic E-state index is 0.174. The van der Waals surface area contributed by atoms with E-state index >= 15 is 0 Å². The highest BCUT2D eigenvalue weighted by Crippen LogP contribution is 2.24. The summed E-state index contributed by atoms with van der Waals surface area (Å²) in [6.45, 7) is 0. The Labute approximate surface area is 107 Å². The molecule has 0 fully saturated rings. The standard InChI is InChI=1S/C15H9FNS/c16-11-5-3-4-10-8-9-14-17(15(10)11)12-6-1-2-7-13(12)18-14/h1-9H/q+1. The van der Waals surface area contributed by atoms with Gasteiger partial charge in [0.25, 0.3) is 10.3 Å². The molecule has 0 N–H and O–H groups in total. The van der Waals surface area contributed by atoms with Gasteiger partial charge in [-0.1, -0.05) is 29.5 Å². The summed E-state index contributed by atoms with van der Waals surface area (Å²) in [7, 11) is 0. The van der Waals surface area contributed by atoms with E-state index in [1.807, 2.05) is 40.8 Å². The lowest BCUT2D eigenvalue weighted by Gasteiger charge is -1.95. The Kier molecular flexibility index (Phi) is 1.94. The quantitative estimate of drug-likeness (QED) is 0.419. The first-order valence-corrected chi connectivity index (χ1v) is 6.57. The van der Waals surface area contributed by atoms with Crippen molar-refractivity contribution in [2.24, 2.45) is 0 Å². The van der Waals surface area contributed by atoms with Crippen LogP contribution in [0.5, 0.6) is 0 Å². The van der Waals surface area contributed by atoms with E-state index < -0.39 is 0 Å². The number of pyridine rings is 1. The molecule has 0 aliphatic rings. The second-order valence-corrected chi connectivity index (χ2v) is 5.32. The fraction of sp³-hybridized carbons (Fsp3) is 0. The molecule has 0 atom stereocenters. The van der Waals surface area contributed by atoms with Gasteiger partial charge >= 0.3 is 0 Å². The molecule has 2 aromatic carbocycles. The summed E-state index contributed by atoms with van der Waals surface area (Å²) in [5.74, 6) is -0.174. The molecular formula is C15H9FNS+. The number of thiazole rings is 1. The van der Waals surface area contributed by atoms with Crippen molar-refractivity contribution in [2.45, 2.75) is 0 Å². The van der Waals surface area contributed by atoms with Gasteiger partial charge < -0.3 is 0 Å². The molecule has 0 spiro atoms. The van der Waals surface area contributed by atoms with E-state index in [1.165, 1.54) is 10.8 Å². The van der Waals surface area contributed by atoms with Gasteiger partial charge in [-0.15, -0.1) is 4.40 Å². The summed E-state index contributed by atoms with van der Waals surface area (Å²) in [4.78, 5) is 1.06. The van der Waals surface area contributed by atoms with Crippen LogP contribution in [0.4, 0.5) is 4.39 Å². The third-order valence-corrected chi connectivity index (χ3v) is 4.28. The monoisotopic (exact) mass is 254 g/mol. The minimum atomic E-state index is -0.174. The fourth-order valence-electron chi connectivity index (χ4n) is 2.41. The summed E-state index contributed by atoms with van der Waals surface area (Å²) >= 11 is 1.68. The summed E-state index contributed by atoms with van der Waals surface area (Å²) in [5, 5.41) is 0.927. The van der Waals surface area contributed by atoms with Gasteiger partial charge in [0.2, 0.25) is 5.52 Å². The number of fused-ring (bicyclic) bond motifs is 5. The number of benzene rings is 2. The molecular weight excluding hydrogens is 245 g/mol. The minimum Gasteiger partial charge on any atom is -0.200 e. The first-order valence-electron chi connectivity index (χ1n) is 5.75. The number of aromatic nitrogens is 1. The topological polar surface area (TPSA) is 4.10 Å². The fourth-order valence-corrected chi connectivity index (χ4v) is 3.46. The van der Waals surface area contributed by atoms with Gasteiger partial charge in [-0.3, -0.25) is 0 Å². The number of para-hydroxylation sites is 2. The average molecular weight is 254 g/mol. The Morgan fingerprint density at radius 2 is 1.78 bits per heavy atom. The molecule has 3 heteroatoms. The lowest BCUT2D eigenvalue weighted by molar-refractivity contribution is -0.447.